The maximum absolute atomic E-state index is 12.5. The minimum atomic E-state index is -0.260. The van der Waals surface area contributed by atoms with Gasteiger partial charge in [0.2, 0.25) is 17.7 Å². The van der Waals surface area contributed by atoms with Gasteiger partial charge in [0, 0.05) is 13.2 Å². The SMILES string of the molecule is O=C(CN1C(=O)[C@@H]2[C@H]3CC[C@@H](C3)[C@@H]2C1=O)NC[C@@H]1CCCO1. The molecule has 3 amide bonds. The smallest absolute Gasteiger partial charge is 0.240 e. The number of nitrogens with one attached hydrogen (secondary N) is 1. The minimum Gasteiger partial charge on any atom is -0.376 e. The number of carbonyl (C=O) groups is 3. The van der Waals surface area contributed by atoms with Crippen molar-refractivity contribution < 1.29 is 19.1 Å². The fourth-order valence-electron chi connectivity index (χ4n) is 4.86. The molecule has 4 rings (SSSR count). The second-order valence-electron chi connectivity index (χ2n) is 7.09. The van der Waals surface area contributed by atoms with E-state index in [0.717, 1.165) is 38.7 Å². The van der Waals surface area contributed by atoms with E-state index in [9.17, 15) is 14.4 Å². The molecule has 0 unspecified atom stereocenters. The van der Waals surface area contributed by atoms with Crippen molar-refractivity contribution in [2.45, 2.75) is 38.2 Å². The third kappa shape index (κ3) is 2.16. The Morgan fingerprint density at radius 2 is 1.82 bits per heavy atom. The van der Waals surface area contributed by atoms with Crippen LogP contribution in [0.4, 0.5) is 0 Å². The van der Waals surface area contributed by atoms with Crippen molar-refractivity contribution in [1.29, 1.82) is 0 Å². The van der Waals surface area contributed by atoms with Crippen LogP contribution in [0.15, 0.2) is 0 Å². The molecular weight excluding hydrogens is 284 g/mol. The molecule has 22 heavy (non-hydrogen) atoms. The van der Waals surface area contributed by atoms with Crippen LogP contribution in [0, 0.1) is 23.7 Å². The minimum absolute atomic E-state index is 0.0733. The zero-order valence-corrected chi connectivity index (χ0v) is 12.6. The molecule has 0 aromatic heterocycles. The molecule has 2 saturated heterocycles. The van der Waals surface area contributed by atoms with Crippen molar-refractivity contribution in [2.75, 3.05) is 19.7 Å². The van der Waals surface area contributed by atoms with Gasteiger partial charge in [0.05, 0.1) is 17.9 Å². The molecule has 6 heteroatoms. The van der Waals surface area contributed by atoms with E-state index in [1.54, 1.807) is 0 Å². The summed E-state index contributed by atoms with van der Waals surface area (Å²) in [5.41, 5.74) is 0. The molecule has 2 aliphatic heterocycles. The van der Waals surface area contributed by atoms with Crippen molar-refractivity contribution in [2.24, 2.45) is 23.7 Å². The van der Waals surface area contributed by atoms with Crippen LogP contribution >= 0.6 is 0 Å². The lowest BCUT2D eigenvalue weighted by molar-refractivity contribution is -0.144. The molecule has 120 valence electrons. The highest BCUT2D eigenvalue weighted by Crippen LogP contribution is 2.55. The van der Waals surface area contributed by atoms with Gasteiger partial charge in [-0.05, 0) is 43.9 Å². The number of amides is 3. The third-order valence-corrected chi connectivity index (χ3v) is 5.87. The predicted octanol–water partition coefficient (Wildman–Crippen LogP) is 0.313. The average molecular weight is 306 g/mol. The van der Waals surface area contributed by atoms with Gasteiger partial charge in [-0.3, -0.25) is 19.3 Å². The molecular formula is C16H22N2O4. The van der Waals surface area contributed by atoms with E-state index in [4.69, 9.17) is 4.74 Å². The van der Waals surface area contributed by atoms with Gasteiger partial charge >= 0.3 is 0 Å². The summed E-state index contributed by atoms with van der Waals surface area (Å²) >= 11 is 0. The Balaban J connectivity index is 1.35. The van der Waals surface area contributed by atoms with E-state index < -0.39 is 0 Å². The topological polar surface area (TPSA) is 75.7 Å². The van der Waals surface area contributed by atoms with E-state index in [-0.39, 0.29) is 42.2 Å². The Morgan fingerprint density at radius 1 is 1.14 bits per heavy atom. The van der Waals surface area contributed by atoms with Gasteiger partial charge in [0.1, 0.15) is 6.54 Å². The molecule has 6 nitrogen and oxygen atoms in total. The van der Waals surface area contributed by atoms with Gasteiger partial charge in [-0.1, -0.05) is 0 Å². The molecule has 2 saturated carbocycles. The Bertz CT molecular complexity index is 486. The van der Waals surface area contributed by atoms with Crippen LogP contribution in [0.2, 0.25) is 0 Å². The second-order valence-corrected chi connectivity index (χ2v) is 7.09. The van der Waals surface area contributed by atoms with E-state index in [1.165, 1.54) is 4.90 Å². The average Bonchev–Trinajstić information content (AvgIpc) is 3.26. The second kappa shape index (κ2) is 5.33. The van der Waals surface area contributed by atoms with E-state index >= 15 is 0 Å². The van der Waals surface area contributed by atoms with Gasteiger partial charge < -0.3 is 10.1 Å². The van der Waals surface area contributed by atoms with Crippen molar-refractivity contribution in [3.63, 3.8) is 0 Å². The van der Waals surface area contributed by atoms with Crippen LogP contribution in [0.1, 0.15) is 32.1 Å². The number of imide groups is 1. The molecule has 0 spiro atoms. The fraction of sp³-hybridized carbons (Fsp3) is 0.812. The number of likely N-dealkylation sites (tertiary alicyclic amines) is 1. The van der Waals surface area contributed by atoms with Crippen LogP contribution in [0.5, 0.6) is 0 Å². The van der Waals surface area contributed by atoms with Crippen molar-refractivity contribution in [3.8, 4) is 0 Å². The number of ether oxygens (including phenoxy) is 1. The van der Waals surface area contributed by atoms with Crippen LogP contribution < -0.4 is 5.32 Å². The highest BCUT2D eigenvalue weighted by Gasteiger charge is 2.60. The molecule has 2 aliphatic carbocycles. The van der Waals surface area contributed by atoms with Crippen LogP contribution in [-0.2, 0) is 19.1 Å². The van der Waals surface area contributed by atoms with Gasteiger partial charge in [0.25, 0.3) is 0 Å². The third-order valence-electron chi connectivity index (χ3n) is 5.87. The first kappa shape index (κ1) is 14.2. The number of fused-ring (bicyclic) bond motifs is 5. The summed E-state index contributed by atoms with van der Waals surface area (Å²) < 4.78 is 5.45. The number of hydrogen-bond donors (Lipinski definition) is 1. The van der Waals surface area contributed by atoms with Gasteiger partial charge in [-0.2, -0.15) is 0 Å². The normalized spacial score (nSPS) is 39.6. The highest BCUT2D eigenvalue weighted by molar-refractivity contribution is 6.08. The van der Waals surface area contributed by atoms with Crippen LogP contribution in [-0.4, -0.2) is 48.4 Å². The summed E-state index contributed by atoms with van der Waals surface area (Å²) in [5.74, 6) is -0.0410. The fourth-order valence-corrected chi connectivity index (χ4v) is 4.86. The summed E-state index contributed by atoms with van der Waals surface area (Å²) in [7, 11) is 0. The Kier molecular flexibility index (Phi) is 3.44. The standard InChI is InChI=1S/C16H22N2O4/c19-12(17-7-11-2-1-5-22-11)8-18-15(20)13-9-3-4-10(6-9)14(13)16(18)21/h9-11,13-14H,1-8H2,(H,17,19)/t9-,10-,11-,13-,14+/m0/s1. The largest absolute Gasteiger partial charge is 0.376 e. The van der Waals surface area contributed by atoms with Crippen LogP contribution in [0.25, 0.3) is 0 Å². The zero-order valence-electron chi connectivity index (χ0n) is 12.6. The Hall–Kier alpha value is -1.43. The van der Waals surface area contributed by atoms with Crippen LogP contribution in [0.3, 0.4) is 0 Å². The van der Waals surface area contributed by atoms with E-state index in [1.807, 2.05) is 0 Å². The molecule has 4 fully saturated rings. The Morgan fingerprint density at radius 3 is 2.41 bits per heavy atom. The number of hydrogen-bond acceptors (Lipinski definition) is 4. The molecule has 0 aromatic rings. The summed E-state index contributed by atoms with van der Waals surface area (Å²) in [4.78, 5) is 38.2. The molecule has 0 radical (unpaired) electrons. The maximum atomic E-state index is 12.5. The van der Waals surface area contributed by atoms with E-state index in [2.05, 4.69) is 5.32 Å². The summed E-state index contributed by atoms with van der Waals surface area (Å²) in [6, 6.07) is 0. The molecule has 2 bridgehead atoms. The lowest BCUT2D eigenvalue weighted by Gasteiger charge is -2.19. The summed E-state index contributed by atoms with van der Waals surface area (Å²) in [6.45, 7) is 1.08. The summed E-state index contributed by atoms with van der Waals surface area (Å²) in [5, 5.41) is 2.79. The molecule has 1 N–H and O–H groups in total. The maximum Gasteiger partial charge on any atom is 0.240 e. The number of nitrogens with zero attached hydrogens (tertiary/aromatic N) is 1. The van der Waals surface area contributed by atoms with E-state index in [0.29, 0.717) is 18.4 Å². The van der Waals surface area contributed by atoms with Crippen molar-refractivity contribution in [1.82, 2.24) is 10.2 Å². The zero-order chi connectivity index (χ0) is 15.3. The first-order chi connectivity index (χ1) is 10.6. The van der Waals surface area contributed by atoms with Crippen molar-refractivity contribution >= 4 is 17.7 Å². The first-order valence-corrected chi connectivity index (χ1v) is 8.38. The molecule has 2 heterocycles. The quantitative estimate of drug-likeness (QED) is 0.759. The van der Waals surface area contributed by atoms with Gasteiger partial charge in [-0.15, -0.1) is 0 Å². The summed E-state index contributed by atoms with van der Waals surface area (Å²) in [6.07, 6.45) is 5.19. The predicted molar refractivity (Wildman–Crippen MR) is 76.5 cm³/mol. The lowest BCUT2D eigenvalue weighted by Crippen LogP contribution is -2.43. The molecule has 4 aliphatic rings. The van der Waals surface area contributed by atoms with Crippen molar-refractivity contribution in [3.05, 3.63) is 0 Å². The monoisotopic (exact) mass is 306 g/mol. The Labute approximate surface area is 129 Å². The first-order valence-electron chi connectivity index (χ1n) is 8.38. The lowest BCUT2D eigenvalue weighted by atomic mass is 9.81. The molecule has 5 atom stereocenters. The molecule has 0 aromatic carbocycles. The van der Waals surface area contributed by atoms with Gasteiger partial charge in [-0.25, -0.2) is 0 Å². The number of carbonyl (C=O) groups excluding carboxylic acids is 3. The van der Waals surface area contributed by atoms with Gasteiger partial charge in [0.15, 0.2) is 0 Å². The highest BCUT2D eigenvalue weighted by atomic mass is 16.5. The number of rotatable bonds is 4.